The van der Waals surface area contributed by atoms with Crippen LogP contribution >= 0.6 is 0 Å². The van der Waals surface area contributed by atoms with Gasteiger partial charge in [0, 0.05) is 30.0 Å². The van der Waals surface area contributed by atoms with Gasteiger partial charge in [0.15, 0.2) is 0 Å². The lowest BCUT2D eigenvalue weighted by Crippen LogP contribution is -2.41. The first-order valence-corrected chi connectivity index (χ1v) is 12.2. The van der Waals surface area contributed by atoms with Crippen LogP contribution in [-0.4, -0.2) is 25.0 Å². The number of unbranched alkanes of at least 4 members (excludes halogenated alkanes) is 1. The quantitative estimate of drug-likeness (QED) is 0.270. The number of aryl methyl sites for hydroxylation is 1. The van der Waals surface area contributed by atoms with Crippen molar-refractivity contribution in [3.63, 3.8) is 0 Å². The van der Waals surface area contributed by atoms with Gasteiger partial charge in [0.1, 0.15) is 0 Å². The number of nitrogens with zero attached hydrogens (tertiary/aromatic N) is 1. The van der Waals surface area contributed by atoms with Gasteiger partial charge in [0.25, 0.3) is 5.91 Å². The highest BCUT2D eigenvalue weighted by atomic mass is 19.4. The van der Waals surface area contributed by atoms with Crippen molar-refractivity contribution < 1.29 is 35.9 Å². The van der Waals surface area contributed by atoms with Gasteiger partial charge < -0.3 is 10.6 Å². The molecule has 0 aliphatic carbocycles. The van der Waals surface area contributed by atoms with E-state index in [2.05, 4.69) is 17.6 Å². The van der Waals surface area contributed by atoms with Gasteiger partial charge in [-0.25, -0.2) is 4.79 Å². The van der Waals surface area contributed by atoms with E-state index in [0.29, 0.717) is 11.6 Å². The number of carbonyl (C=O) groups excluding carboxylic acids is 2. The number of benzene rings is 3. The third-order valence-corrected chi connectivity index (χ3v) is 5.83. The second-order valence-electron chi connectivity index (χ2n) is 8.76. The van der Waals surface area contributed by atoms with Crippen LogP contribution in [0.3, 0.4) is 0 Å². The summed E-state index contributed by atoms with van der Waals surface area (Å²) in [4.78, 5) is 26.5. The molecule has 0 heterocycles. The fourth-order valence-electron chi connectivity index (χ4n) is 3.75. The van der Waals surface area contributed by atoms with Crippen LogP contribution in [0.5, 0.6) is 0 Å². The largest absolute Gasteiger partial charge is 0.416 e. The van der Waals surface area contributed by atoms with E-state index >= 15 is 0 Å². The SMILES string of the molecule is CCCCc1ccc(C(=O)NCCN(C(=O)Nc2cccc(C(F)(F)F)c2)c2cccc(C(F)(F)F)c2)cc1. The predicted octanol–water partition coefficient (Wildman–Crippen LogP) is 7.54. The fourth-order valence-corrected chi connectivity index (χ4v) is 3.75. The number of rotatable bonds is 9. The molecule has 208 valence electrons. The highest BCUT2D eigenvalue weighted by Crippen LogP contribution is 2.33. The van der Waals surface area contributed by atoms with E-state index in [-0.39, 0.29) is 24.5 Å². The summed E-state index contributed by atoms with van der Waals surface area (Å²) in [6.45, 7) is 1.68. The van der Waals surface area contributed by atoms with E-state index in [1.807, 2.05) is 12.1 Å². The Labute approximate surface area is 221 Å². The summed E-state index contributed by atoms with van der Waals surface area (Å²) in [6.07, 6.45) is -6.41. The summed E-state index contributed by atoms with van der Waals surface area (Å²) in [5.41, 5.74) is -0.907. The fraction of sp³-hybridized carbons (Fsp3) is 0.286. The van der Waals surface area contributed by atoms with Crippen LogP contribution in [0, 0.1) is 0 Å². The molecule has 0 aliphatic heterocycles. The Morgan fingerprint density at radius 2 is 1.44 bits per heavy atom. The van der Waals surface area contributed by atoms with Crippen molar-refractivity contribution in [2.75, 3.05) is 23.3 Å². The monoisotopic (exact) mass is 551 g/mol. The molecule has 0 spiro atoms. The molecule has 0 aliphatic rings. The molecule has 3 amide bonds. The minimum Gasteiger partial charge on any atom is -0.350 e. The Bertz CT molecular complexity index is 1270. The van der Waals surface area contributed by atoms with E-state index in [0.717, 1.165) is 60.1 Å². The molecule has 0 aromatic heterocycles. The second kappa shape index (κ2) is 12.7. The van der Waals surface area contributed by atoms with E-state index < -0.39 is 35.4 Å². The molecule has 0 saturated heterocycles. The van der Waals surface area contributed by atoms with Crippen LogP contribution in [0.15, 0.2) is 72.8 Å². The van der Waals surface area contributed by atoms with Crippen molar-refractivity contribution in [1.29, 1.82) is 0 Å². The summed E-state index contributed by atoms with van der Waals surface area (Å²) in [5, 5.41) is 4.92. The molecule has 0 fully saturated rings. The van der Waals surface area contributed by atoms with Gasteiger partial charge in [-0.15, -0.1) is 0 Å². The number of carbonyl (C=O) groups is 2. The van der Waals surface area contributed by atoms with Crippen molar-refractivity contribution >= 4 is 23.3 Å². The topological polar surface area (TPSA) is 61.4 Å². The average molecular weight is 552 g/mol. The predicted molar refractivity (Wildman–Crippen MR) is 137 cm³/mol. The van der Waals surface area contributed by atoms with Crippen molar-refractivity contribution in [2.45, 2.75) is 38.5 Å². The van der Waals surface area contributed by atoms with Crippen LogP contribution in [-0.2, 0) is 18.8 Å². The molecule has 0 unspecified atom stereocenters. The van der Waals surface area contributed by atoms with Crippen molar-refractivity contribution in [1.82, 2.24) is 5.32 Å². The van der Waals surface area contributed by atoms with Gasteiger partial charge in [-0.05, 0) is 66.9 Å². The lowest BCUT2D eigenvalue weighted by atomic mass is 10.1. The van der Waals surface area contributed by atoms with Gasteiger partial charge in [-0.3, -0.25) is 9.69 Å². The van der Waals surface area contributed by atoms with E-state index in [4.69, 9.17) is 0 Å². The highest BCUT2D eigenvalue weighted by Gasteiger charge is 2.32. The maximum Gasteiger partial charge on any atom is 0.416 e. The van der Waals surface area contributed by atoms with Gasteiger partial charge in [0.05, 0.1) is 11.1 Å². The van der Waals surface area contributed by atoms with E-state index in [1.165, 1.54) is 12.1 Å². The Balaban J connectivity index is 1.77. The summed E-state index contributed by atoms with van der Waals surface area (Å²) in [7, 11) is 0. The van der Waals surface area contributed by atoms with E-state index in [9.17, 15) is 35.9 Å². The molecule has 0 saturated carbocycles. The first kappa shape index (κ1) is 29.5. The molecule has 3 aromatic carbocycles. The van der Waals surface area contributed by atoms with Gasteiger partial charge in [-0.1, -0.05) is 37.6 Å². The number of nitrogens with one attached hydrogen (secondary N) is 2. The molecule has 0 radical (unpaired) electrons. The number of alkyl halides is 6. The smallest absolute Gasteiger partial charge is 0.350 e. The number of anilines is 2. The number of hydrogen-bond acceptors (Lipinski definition) is 2. The molecule has 0 bridgehead atoms. The highest BCUT2D eigenvalue weighted by molar-refractivity contribution is 6.02. The van der Waals surface area contributed by atoms with Crippen LogP contribution < -0.4 is 15.5 Å². The minimum absolute atomic E-state index is 0.136. The summed E-state index contributed by atoms with van der Waals surface area (Å²) < 4.78 is 79.1. The molecule has 5 nitrogen and oxygen atoms in total. The van der Waals surface area contributed by atoms with E-state index in [1.54, 1.807) is 12.1 Å². The minimum atomic E-state index is -4.68. The second-order valence-corrected chi connectivity index (χ2v) is 8.76. The number of hydrogen-bond donors (Lipinski definition) is 2. The van der Waals surface area contributed by atoms with Crippen LogP contribution in [0.25, 0.3) is 0 Å². The lowest BCUT2D eigenvalue weighted by Gasteiger charge is -2.24. The summed E-state index contributed by atoms with van der Waals surface area (Å²) in [6, 6.07) is 13.8. The standard InChI is InChI=1S/C28H27F6N3O2/c1-2-3-6-19-11-13-20(14-12-19)25(38)35-15-16-37(24-10-5-8-22(18-24)28(32,33)34)26(39)36-23-9-4-7-21(17-23)27(29,30)31/h4-5,7-14,17-18H,2-3,6,15-16H2,1H3,(H,35,38)(H,36,39). The molecule has 3 aromatic rings. The maximum absolute atomic E-state index is 13.3. The Kier molecular flexibility index (Phi) is 9.61. The Morgan fingerprint density at radius 1 is 0.821 bits per heavy atom. The Morgan fingerprint density at radius 3 is 2.05 bits per heavy atom. The normalized spacial score (nSPS) is 11.7. The zero-order valence-corrected chi connectivity index (χ0v) is 21.0. The summed E-state index contributed by atoms with van der Waals surface area (Å²) in [5.74, 6) is -0.445. The number of urea groups is 1. The molecule has 0 atom stereocenters. The van der Waals surface area contributed by atoms with Crippen molar-refractivity contribution in [3.05, 3.63) is 95.1 Å². The van der Waals surface area contributed by atoms with Crippen molar-refractivity contribution in [2.24, 2.45) is 0 Å². The Hall–Kier alpha value is -4.02. The third-order valence-electron chi connectivity index (χ3n) is 5.83. The zero-order valence-electron chi connectivity index (χ0n) is 21.0. The van der Waals surface area contributed by atoms with Crippen LogP contribution in [0.1, 0.15) is 46.8 Å². The zero-order chi connectivity index (χ0) is 28.6. The van der Waals surface area contributed by atoms with Gasteiger partial charge in [-0.2, -0.15) is 26.3 Å². The van der Waals surface area contributed by atoms with Crippen LogP contribution in [0.4, 0.5) is 42.5 Å². The molecule has 2 N–H and O–H groups in total. The number of halogens is 6. The van der Waals surface area contributed by atoms with Gasteiger partial charge >= 0.3 is 18.4 Å². The lowest BCUT2D eigenvalue weighted by molar-refractivity contribution is -0.138. The maximum atomic E-state index is 13.3. The molecule has 3 rings (SSSR count). The van der Waals surface area contributed by atoms with Crippen molar-refractivity contribution in [3.8, 4) is 0 Å². The first-order valence-electron chi connectivity index (χ1n) is 12.2. The average Bonchev–Trinajstić information content (AvgIpc) is 2.89. The molecular weight excluding hydrogens is 524 g/mol. The van der Waals surface area contributed by atoms with Crippen LogP contribution in [0.2, 0.25) is 0 Å². The summed E-state index contributed by atoms with van der Waals surface area (Å²) >= 11 is 0. The molecular formula is C28H27F6N3O2. The first-order chi connectivity index (χ1) is 18.4. The number of amides is 3. The molecule has 11 heteroatoms. The van der Waals surface area contributed by atoms with Gasteiger partial charge in [0.2, 0.25) is 0 Å². The third kappa shape index (κ3) is 8.49. The molecule has 39 heavy (non-hydrogen) atoms.